The number of aryl methyl sites for hydroxylation is 2. The van der Waals surface area contributed by atoms with E-state index in [1.54, 1.807) is 4.90 Å². The molecule has 1 N–H and O–H groups in total. The Balaban J connectivity index is 1.90. The van der Waals surface area contributed by atoms with E-state index in [9.17, 15) is 9.90 Å². The second kappa shape index (κ2) is 9.08. The number of benzene rings is 2. The molecular formula is C20H25NO3. The van der Waals surface area contributed by atoms with Crippen molar-refractivity contribution >= 4 is 5.91 Å². The van der Waals surface area contributed by atoms with Crippen molar-refractivity contribution in [2.45, 2.75) is 20.3 Å². The van der Waals surface area contributed by atoms with Crippen molar-refractivity contribution in [3.05, 3.63) is 65.2 Å². The number of amides is 1. The summed E-state index contributed by atoms with van der Waals surface area (Å²) in [5.41, 5.74) is 3.35. The molecule has 0 heterocycles. The summed E-state index contributed by atoms with van der Waals surface area (Å²) in [6.45, 7) is 4.81. The normalized spacial score (nSPS) is 10.5. The molecule has 0 fully saturated rings. The van der Waals surface area contributed by atoms with Gasteiger partial charge in [0.15, 0.2) is 6.61 Å². The second-order valence-electron chi connectivity index (χ2n) is 5.90. The van der Waals surface area contributed by atoms with Crippen LogP contribution in [0.5, 0.6) is 5.75 Å². The average molecular weight is 327 g/mol. The molecule has 0 aliphatic rings. The lowest BCUT2D eigenvalue weighted by Gasteiger charge is -2.22. The number of rotatable bonds is 8. The first kappa shape index (κ1) is 18.0. The van der Waals surface area contributed by atoms with Crippen molar-refractivity contribution in [2.24, 2.45) is 0 Å². The molecule has 24 heavy (non-hydrogen) atoms. The largest absolute Gasteiger partial charge is 0.484 e. The highest BCUT2D eigenvalue weighted by atomic mass is 16.5. The summed E-state index contributed by atoms with van der Waals surface area (Å²) in [5.74, 6) is 0.612. The standard InChI is InChI=1S/C20H25NO3/c1-16-8-9-19(17(2)14-16)24-15-20(23)21(12-13-22)11-10-18-6-4-3-5-7-18/h3-9,14,22H,10-13,15H2,1-2H3. The maximum absolute atomic E-state index is 12.4. The van der Waals surface area contributed by atoms with Crippen LogP contribution in [-0.4, -0.2) is 42.2 Å². The predicted octanol–water partition coefficient (Wildman–Crippen LogP) is 2.75. The highest BCUT2D eigenvalue weighted by molar-refractivity contribution is 5.77. The molecule has 128 valence electrons. The highest BCUT2D eigenvalue weighted by Crippen LogP contribution is 2.18. The van der Waals surface area contributed by atoms with Crippen LogP contribution in [0.4, 0.5) is 0 Å². The Kier molecular flexibility index (Phi) is 6.82. The molecule has 4 heteroatoms. The van der Waals surface area contributed by atoms with Crippen molar-refractivity contribution < 1.29 is 14.6 Å². The molecule has 0 saturated carbocycles. The lowest BCUT2D eigenvalue weighted by Crippen LogP contribution is -2.38. The van der Waals surface area contributed by atoms with Gasteiger partial charge in [-0.2, -0.15) is 0 Å². The van der Waals surface area contributed by atoms with E-state index in [-0.39, 0.29) is 19.1 Å². The maximum Gasteiger partial charge on any atom is 0.260 e. The zero-order chi connectivity index (χ0) is 17.4. The van der Waals surface area contributed by atoms with Gasteiger partial charge in [-0.15, -0.1) is 0 Å². The summed E-state index contributed by atoms with van der Waals surface area (Å²) in [5, 5.41) is 9.21. The van der Waals surface area contributed by atoms with Crippen molar-refractivity contribution in [1.82, 2.24) is 4.90 Å². The first-order valence-corrected chi connectivity index (χ1v) is 8.23. The highest BCUT2D eigenvalue weighted by Gasteiger charge is 2.14. The quantitative estimate of drug-likeness (QED) is 0.811. The van der Waals surface area contributed by atoms with Gasteiger partial charge in [0.1, 0.15) is 5.75 Å². The summed E-state index contributed by atoms with van der Waals surface area (Å²) in [6.07, 6.45) is 0.760. The Morgan fingerprint density at radius 3 is 2.50 bits per heavy atom. The number of ether oxygens (including phenoxy) is 1. The first-order valence-electron chi connectivity index (χ1n) is 8.23. The fourth-order valence-corrected chi connectivity index (χ4v) is 2.58. The molecule has 4 nitrogen and oxygen atoms in total. The molecule has 0 saturated heterocycles. The molecule has 2 rings (SSSR count). The average Bonchev–Trinajstić information content (AvgIpc) is 2.58. The van der Waals surface area contributed by atoms with Crippen LogP contribution in [0.3, 0.4) is 0 Å². The third-order valence-electron chi connectivity index (χ3n) is 3.92. The lowest BCUT2D eigenvalue weighted by molar-refractivity contribution is -0.133. The molecule has 1 amide bonds. The summed E-state index contributed by atoms with van der Waals surface area (Å²) >= 11 is 0. The van der Waals surface area contributed by atoms with Gasteiger partial charge in [0.2, 0.25) is 0 Å². The van der Waals surface area contributed by atoms with Crippen LogP contribution in [0.1, 0.15) is 16.7 Å². The van der Waals surface area contributed by atoms with Crippen molar-refractivity contribution in [3.8, 4) is 5.75 Å². The van der Waals surface area contributed by atoms with Crippen LogP contribution in [0.25, 0.3) is 0 Å². The number of carbonyl (C=O) groups excluding carboxylic acids is 1. The lowest BCUT2D eigenvalue weighted by atomic mass is 10.1. The Morgan fingerprint density at radius 2 is 1.83 bits per heavy atom. The summed E-state index contributed by atoms with van der Waals surface area (Å²) in [7, 11) is 0. The van der Waals surface area contributed by atoms with Gasteiger partial charge < -0.3 is 14.7 Å². The number of hydrogen-bond acceptors (Lipinski definition) is 3. The molecule has 0 aliphatic heterocycles. The molecule has 0 aromatic heterocycles. The number of hydrogen-bond donors (Lipinski definition) is 1. The Morgan fingerprint density at radius 1 is 1.08 bits per heavy atom. The number of carbonyl (C=O) groups is 1. The van der Waals surface area contributed by atoms with Crippen molar-refractivity contribution in [2.75, 3.05) is 26.3 Å². The minimum Gasteiger partial charge on any atom is -0.484 e. The van der Waals surface area contributed by atoms with E-state index >= 15 is 0 Å². The number of nitrogens with zero attached hydrogens (tertiary/aromatic N) is 1. The maximum atomic E-state index is 12.4. The third kappa shape index (κ3) is 5.39. The Bertz CT molecular complexity index is 655. The van der Waals surface area contributed by atoms with Crippen LogP contribution in [0, 0.1) is 13.8 Å². The van der Waals surface area contributed by atoms with E-state index in [4.69, 9.17) is 4.74 Å². The summed E-state index contributed by atoms with van der Waals surface area (Å²) in [4.78, 5) is 14.0. The van der Waals surface area contributed by atoms with E-state index in [1.807, 2.05) is 62.4 Å². The van der Waals surface area contributed by atoms with E-state index in [1.165, 1.54) is 5.56 Å². The van der Waals surface area contributed by atoms with Gasteiger partial charge in [-0.1, -0.05) is 48.0 Å². The molecule has 0 unspecified atom stereocenters. The molecule has 0 radical (unpaired) electrons. The predicted molar refractivity (Wildman–Crippen MR) is 95.2 cm³/mol. The molecule has 2 aromatic rings. The van der Waals surface area contributed by atoms with Crippen molar-refractivity contribution in [1.29, 1.82) is 0 Å². The topological polar surface area (TPSA) is 49.8 Å². The smallest absolute Gasteiger partial charge is 0.260 e. The van der Waals surface area contributed by atoms with Gasteiger partial charge in [0.25, 0.3) is 5.91 Å². The fraction of sp³-hybridized carbons (Fsp3) is 0.350. The Labute approximate surface area is 143 Å². The third-order valence-corrected chi connectivity index (χ3v) is 3.92. The molecule has 2 aromatic carbocycles. The molecule has 0 bridgehead atoms. The number of aliphatic hydroxyl groups is 1. The first-order chi connectivity index (χ1) is 11.6. The Hall–Kier alpha value is -2.33. The molecule has 0 atom stereocenters. The minimum atomic E-state index is -0.111. The van der Waals surface area contributed by atoms with Gasteiger partial charge in [0.05, 0.1) is 6.61 Å². The molecule has 0 aliphatic carbocycles. The second-order valence-corrected chi connectivity index (χ2v) is 5.90. The van der Waals surface area contributed by atoms with Crippen molar-refractivity contribution in [3.63, 3.8) is 0 Å². The minimum absolute atomic E-state index is 0.0152. The van der Waals surface area contributed by atoms with Crippen LogP contribution in [0.15, 0.2) is 48.5 Å². The van der Waals surface area contributed by atoms with Gasteiger partial charge in [0, 0.05) is 13.1 Å². The monoisotopic (exact) mass is 327 g/mol. The molecular weight excluding hydrogens is 302 g/mol. The van der Waals surface area contributed by atoms with Crippen LogP contribution >= 0.6 is 0 Å². The SMILES string of the molecule is Cc1ccc(OCC(=O)N(CCO)CCc2ccccc2)c(C)c1. The summed E-state index contributed by atoms with van der Waals surface area (Å²) in [6, 6.07) is 15.9. The van der Waals surface area contributed by atoms with Crippen LogP contribution in [-0.2, 0) is 11.2 Å². The summed E-state index contributed by atoms with van der Waals surface area (Å²) < 4.78 is 5.66. The van der Waals surface area contributed by atoms with Gasteiger partial charge in [-0.25, -0.2) is 0 Å². The van der Waals surface area contributed by atoms with Gasteiger partial charge in [-0.3, -0.25) is 4.79 Å². The van der Waals surface area contributed by atoms with Gasteiger partial charge >= 0.3 is 0 Å². The molecule has 0 spiro atoms. The van der Waals surface area contributed by atoms with E-state index < -0.39 is 0 Å². The van der Waals surface area contributed by atoms with Gasteiger partial charge in [-0.05, 0) is 37.5 Å². The van der Waals surface area contributed by atoms with E-state index in [2.05, 4.69) is 0 Å². The zero-order valence-electron chi connectivity index (χ0n) is 14.4. The van der Waals surface area contributed by atoms with E-state index in [0.29, 0.717) is 13.1 Å². The fourth-order valence-electron chi connectivity index (χ4n) is 2.58. The van der Waals surface area contributed by atoms with E-state index in [0.717, 1.165) is 23.3 Å². The number of aliphatic hydroxyl groups excluding tert-OH is 1. The van der Waals surface area contributed by atoms with Crippen LogP contribution < -0.4 is 4.74 Å². The zero-order valence-corrected chi connectivity index (χ0v) is 14.4. The van der Waals surface area contributed by atoms with Crippen LogP contribution in [0.2, 0.25) is 0 Å².